The van der Waals surface area contributed by atoms with E-state index in [1.165, 1.54) is 0 Å². The highest BCUT2D eigenvalue weighted by Gasteiger charge is 2.50. The molecule has 0 unspecified atom stereocenters. The summed E-state index contributed by atoms with van der Waals surface area (Å²) in [5.74, 6) is -4.70. The summed E-state index contributed by atoms with van der Waals surface area (Å²) in [5, 5.41) is 38.0. The lowest BCUT2D eigenvalue weighted by Gasteiger charge is -2.33. The van der Waals surface area contributed by atoms with Crippen molar-refractivity contribution in [2.75, 3.05) is 73.0 Å². The number of nitrogens with zero attached hydrogens (tertiary/aromatic N) is 2. The predicted octanol–water partition coefficient (Wildman–Crippen LogP) is 2.58. The molecule has 11 atom stereocenters. The number of hydrogen-bond acceptors (Lipinski definition) is 14. The minimum Gasteiger partial charge on any atom is -0.396 e. The average molecular weight is 1130 g/mol. The Morgan fingerprint density at radius 1 is 0.568 bits per heavy atom. The minimum atomic E-state index is -1.03. The van der Waals surface area contributed by atoms with Crippen molar-refractivity contribution in [3.05, 3.63) is 71.8 Å². The summed E-state index contributed by atoms with van der Waals surface area (Å²) in [4.78, 5) is 113. The molecule has 4 heterocycles. The van der Waals surface area contributed by atoms with E-state index < -0.39 is 71.7 Å². The fourth-order valence-corrected chi connectivity index (χ4v) is 12.0. The van der Waals surface area contributed by atoms with E-state index in [0.29, 0.717) is 141 Å². The van der Waals surface area contributed by atoms with Crippen molar-refractivity contribution in [3.8, 4) is 0 Å². The molecule has 4 aliphatic heterocycles. The summed E-state index contributed by atoms with van der Waals surface area (Å²) in [6.07, 6.45) is 7.00. The lowest BCUT2D eigenvalue weighted by Crippen LogP contribution is -2.59. The highest BCUT2D eigenvalue weighted by molar-refractivity contribution is 5.98. The van der Waals surface area contributed by atoms with Gasteiger partial charge in [0.15, 0.2) is 5.78 Å². The maximum atomic E-state index is 14.2. The van der Waals surface area contributed by atoms with Gasteiger partial charge in [0.25, 0.3) is 0 Å². The number of likely N-dealkylation sites (N-methyl/N-ethyl adjacent to an activating group) is 1. The number of rotatable bonds is 33. The molecule has 0 aromatic heterocycles. The van der Waals surface area contributed by atoms with Crippen LogP contribution in [-0.4, -0.2) is 182 Å². The minimum absolute atomic E-state index is 0.0977. The van der Waals surface area contributed by atoms with Crippen LogP contribution in [0.15, 0.2) is 60.7 Å². The van der Waals surface area contributed by atoms with E-state index in [-0.39, 0.29) is 73.6 Å². The molecule has 8 N–H and O–H groups in total. The molecule has 4 fully saturated rings. The van der Waals surface area contributed by atoms with Crippen molar-refractivity contribution < 1.29 is 62.8 Å². The Balaban J connectivity index is 0.868. The normalized spacial score (nSPS) is 23.8. The Morgan fingerprint density at radius 3 is 1.54 bits per heavy atom. The Morgan fingerprint density at radius 2 is 1.04 bits per heavy atom. The van der Waals surface area contributed by atoms with Crippen LogP contribution >= 0.6 is 0 Å². The molecule has 0 spiro atoms. The number of hydrogen-bond donors (Lipinski definition) is 8. The molecule has 4 saturated heterocycles. The van der Waals surface area contributed by atoms with E-state index in [2.05, 4.69) is 31.9 Å². The monoisotopic (exact) mass is 1130 g/mol. The second kappa shape index (κ2) is 33.3. The van der Waals surface area contributed by atoms with Gasteiger partial charge in [0.1, 0.15) is 24.2 Å². The van der Waals surface area contributed by atoms with Gasteiger partial charge in [0.2, 0.25) is 41.4 Å². The Kier molecular flexibility index (Phi) is 26.5. The first-order chi connectivity index (χ1) is 39.3. The number of carbonyl (C=O) groups is 8. The number of benzene rings is 2. The number of fused-ring (bicyclic) bond motifs is 2. The smallest absolute Gasteiger partial charge is 0.247 e. The number of aliphatic hydroxyl groups excluding tert-OH is 2. The SMILES string of the molecule is CCC(CC)C(=O)N[C@@H]1C(=O)N2[C@@H](CC[C@@H]1CO)CC[C@H]2C(=O)C[C@H](C(=O)NCCCOCCOCCOCCCNC(=O)[C@@H](NC(=O)[C@@H]1CC[C@@H]2CC[C@H](CO)[C@H](NC(=O)[C@H](CC)NC)C(=O)N21)c1ccccc1)c1ccccc1. The van der Waals surface area contributed by atoms with Crippen molar-refractivity contribution in [2.45, 2.75) is 165 Å². The fraction of sp³-hybridized carbons (Fsp3) is 0.667. The Hall–Kier alpha value is -5.84. The largest absolute Gasteiger partial charge is 0.396 e. The predicted molar refractivity (Wildman–Crippen MR) is 302 cm³/mol. The third-order valence-corrected chi connectivity index (χ3v) is 16.8. The third kappa shape index (κ3) is 17.6. The van der Waals surface area contributed by atoms with E-state index in [1.807, 2.05) is 57.2 Å². The highest BCUT2D eigenvalue weighted by atomic mass is 16.5. The molecule has 0 bridgehead atoms. The van der Waals surface area contributed by atoms with Crippen molar-refractivity contribution >= 4 is 47.1 Å². The number of aliphatic hydroxyl groups is 2. The third-order valence-electron chi connectivity index (χ3n) is 16.8. The first kappa shape index (κ1) is 64.3. The first-order valence-corrected chi connectivity index (χ1v) is 29.7. The van der Waals surface area contributed by atoms with Crippen LogP contribution in [-0.2, 0) is 52.6 Å². The average Bonchev–Trinajstić information content (AvgIpc) is 4.23. The molecular weight excluding hydrogens is 1040 g/mol. The Labute approximate surface area is 477 Å². The van der Waals surface area contributed by atoms with Gasteiger partial charge in [-0.3, -0.25) is 38.4 Å². The summed E-state index contributed by atoms with van der Waals surface area (Å²) in [6, 6.07) is 12.5. The van der Waals surface area contributed by atoms with Gasteiger partial charge in [-0.1, -0.05) is 81.4 Å². The number of ether oxygens (including phenoxy) is 3. The molecule has 0 aliphatic carbocycles. The number of carbonyl (C=O) groups excluding carboxylic acids is 8. The maximum absolute atomic E-state index is 14.2. The quantitative estimate of drug-likeness (QED) is 0.0478. The zero-order valence-electron chi connectivity index (χ0n) is 48.0. The van der Waals surface area contributed by atoms with Gasteiger partial charge in [-0.25, -0.2) is 0 Å². The van der Waals surface area contributed by atoms with E-state index in [0.717, 1.165) is 0 Å². The van der Waals surface area contributed by atoms with Gasteiger partial charge in [-0.05, 0) is 102 Å². The fourth-order valence-electron chi connectivity index (χ4n) is 12.0. The van der Waals surface area contributed by atoms with Crippen LogP contribution in [0.25, 0.3) is 0 Å². The van der Waals surface area contributed by atoms with Crippen LogP contribution in [0.2, 0.25) is 0 Å². The molecule has 2 aromatic rings. The molecule has 0 saturated carbocycles. The molecule has 21 heteroatoms. The van der Waals surface area contributed by atoms with Gasteiger partial charge in [0, 0.05) is 75.8 Å². The molecule has 448 valence electrons. The molecule has 2 aromatic carbocycles. The Bertz CT molecular complexity index is 2180. The summed E-state index contributed by atoms with van der Waals surface area (Å²) < 4.78 is 17.1. The maximum Gasteiger partial charge on any atom is 0.247 e. The van der Waals surface area contributed by atoms with Crippen LogP contribution in [0.3, 0.4) is 0 Å². The molecule has 6 rings (SSSR count). The van der Waals surface area contributed by atoms with Gasteiger partial charge < -0.3 is 66.1 Å². The van der Waals surface area contributed by atoms with E-state index in [9.17, 15) is 48.6 Å². The van der Waals surface area contributed by atoms with Crippen molar-refractivity contribution in [1.29, 1.82) is 0 Å². The second-order valence-electron chi connectivity index (χ2n) is 21.9. The molecule has 0 radical (unpaired) electrons. The van der Waals surface area contributed by atoms with Gasteiger partial charge in [0.05, 0.1) is 44.4 Å². The van der Waals surface area contributed by atoms with Crippen molar-refractivity contribution in [1.82, 2.24) is 41.7 Å². The summed E-state index contributed by atoms with van der Waals surface area (Å²) in [5.41, 5.74) is 1.27. The molecule has 7 amide bonds. The summed E-state index contributed by atoms with van der Waals surface area (Å²) in [7, 11) is 1.67. The zero-order chi connectivity index (χ0) is 58.3. The summed E-state index contributed by atoms with van der Waals surface area (Å²) >= 11 is 0. The number of amides is 7. The molecule has 81 heavy (non-hydrogen) atoms. The molecule has 4 aliphatic rings. The highest BCUT2D eigenvalue weighted by Crippen LogP contribution is 2.37. The van der Waals surface area contributed by atoms with Crippen LogP contribution in [0, 0.1) is 17.8 Å². The van der Waals surface area contributed by atoms with Crippen LogP contribution in [0.5, 0.6) is 0 Å². The van der Waals surface area contributed by atoms with Gasteiger partial charge in [-0.2, -0.15) is 0 Å². The van der Waals surface area contributed by atoms with Crippen LogP contribution in [0.1, 0.15) is 134 Å². The van der Waals surface area contributed by atoms with Crippen LogP contribution in [0.4, 0.5) is 0 Å². The second-order valence-corrected chi connectivity index (χ2v) is 21.9. The van der Waals surface area contributed by atoms with E-state index in [4.69, 9.17) is 14.2 Å². The van der Waals surface area contributed by atoms with Gasteiger partial charge in [-0.15, -0.1) is 0 Å². The topological polar surface area (TPSA) is 283 Å². The van der Waals surface area contributed by atoms with E-state index in [1.54, 1.807) is 41.1 Å². The molecular formula is C60H90N8O13. The number of nitrogens with one attached hydrogen (secondary N) is 6. The number of ketones is 1. The standard InChI is InChI=1S/C60H90N8O13/c1-5-39(6-2)54(72)65-52-42(37-69)20-22-44-24-26-48(67(44)59(52)77)50(71)36-46(40-16-10-8-11-17-40)55(73)62-28-14-30-79-32-34-81-35-33-80-31-15-29-63-58(76)51(41-18-12-9-13-19-41)64-57(75)49-27-25-45-23-21-43(38-70)53(60(78)68(45)49)66-56(74)47(7-3)61-4/h8-13,16-19,39,42-49,51-53,61,69-70H,5-7,14-15,20-38H2,1-4H3,(H,62,73)(H,63,76)(H,64,75)(H,65,72)(H,66,74)/t42-,43-,44+,45+,46+,47+,48+,49+,51+,52+,53+/m1/s1. The van der Waals surface area contributed by atoms with Crippen molar-refractivity contribution in [3.63, 3.8) is 0 Å². The van der Waals surface area contributed by atoms with Gasteiger partial charge >= 0.3 is 0 Å². The first-order valence-electron chi connectivity index (χ1n) is 29.7. The summed E-state index contributed by atoms with van der Waals surface area (Å²) in [6.45, 7) is 7.77. The van der Waals surface area contributed by atoms with Crippen molar-refractivity contribution in [2.24, 2.45) is 17.8 Å². The zero-order valence-corrected chi connectivity index (χ0v) is 48.0. The number of Topliss-reactive ketones (excluding diaryl/α,β-unsaturated/α-hetero) is 1. The van der Waals surface area contributed by atoms with Crippen LogP contribution < -0.4 is 31.9 Å². The lowest BCUT2D eigenvalue weighted by molar-refractivity contribution is -0.144. The molecule has 21 nitrogen and oxygen atoms in total. The van der Waals surface area contributed by atoms with E-state index >= 15 is 0 Å². The lowest BCUT2D eigenvalue weighted by atomic mass is 9.89.